The molecular weight excluding hydrogens is 302 g/mol. The Labute approximate surface area is 135 Å². The lowest BCUT2D eigenvalue weighted by Crippen LogP contribution is -2.42. The minimum absolute atomic E-state index is 0.103. The van der Waals surface area contributed by atoms with Crippen LogP contribution in [0.3, 0.4) is 0 Å². The summed E-state index contributed by atoms with van der Waals surface area (Å²) in [4.78, 5) is 25.7. The molecule has 1 aromatic rings. The van der Waals surface area contributed by atoms with Gasteiger partial charge in [-0.15, -0.1) is 0 Å². The smallest absolute Gasteiger partial charge is 0.310 e. The molecule has 22 heavy (non-hydrogen) atoms. The fourth-order valence-corrected chi connectivity index (χ4v) is 2.71. The van der Waals surface area contributed by atoms with E-state index in [1.165, 1.54) is 6.08 Å². The minimum Gasteiger partial charge on any atom is -0.466 e. The molecule has 1 fully saturated rings. The van der Waals surface area contributed by atoms with Crippen molar-refractivity contribution >= 4 is 29.6 Å². The number of halogens is 1. The molecule has 0 N–H and O–H groups in total. The molecule has 1 aliphatic rings. The summed E-state index contributed by atoms with van der Waals surface area (Å²) < 4.78 is 5.04. The molecule has 1 amide bonds. The van der Waals surface area contributed by atoms with Crippen LogP contribution in [-0.2, 0) is 14.3 Å². The SMILES string of the molecule is CCOC(=O)[C@H]1CCCN(C(=O)/C=C\c2ccccc2Cl)C1. The largest absolute Gasteiger partial charge is 0.466 e. The molecule has 0 aromatic heterocycles. The van der Waals surface area contributed by atoms with E-state index in [1.54, 1.807) is 24.0 Å². The maximum atomic E-state index is 12.3. The molecule has 2 rings (SSSR count). The van der Waals surface area contributed by atoms with E-state index in [9.17, 15) is 9.59 Å². The molecule has 1 aromatic carbocycles. The third kappa shape index (κ3) is 4.34. The molecule has 0 bridgehead atoms. The first-order chi connectivity index (χ1) is 10.6. The number of amides is 1. The zero-order valence-corrected chi connectivity index (χ0v) is 13.4. The summed E-state index contributed by atoms with van der Waals surface area (Å²) in [6.07, 6.45) is 4.80. The monoisotopic (exact) mass is 321 g/mol. The van der Waals surface area contributed by atoms with Gasteiger partial charge in [0.25, 0.3) is 0 Å². The van der Waals surface area contributed by atoms with Gasteiger partial charge >= 0.3 is 5.97 Å². The van der Waals surface area contributed by atoms with E-state index in [1.807, 2.05) is 18.2 Å². The Morgan fingerprint density at radius 2 is 2.18 bits per heavy atom. The van der Waals surface area contributed by atoms with Crippen LogP contribution >= 0.6 is 11.6 Å². The van der Waals surface area contributed by atoms with Gasteiger partial charge in [0.2, 0.25) is 5.91 Å². The van der Waals surface area contributed by atoms with Crippen LogP contribution < -0.4 is 0 Å². The molecule has 1 atom stereocenters. The van der Waals surface area contributed by atoms with Gasteiger partial charge in [-0.3, -0.25) is 9.59 Å². The van der Waals surface area contributed by atoms with Crippen LogP contribution in [0.2, 0.25) is 5.02 Å². The summed E-state index contributed by atoms with van der Waals surface area (Å²) in [5.74, 6) is -0.532. The van der Waals surface area contributed by atoms with Crippen LogP contribution in [-0.4, -0.2) is 36.5 Å². The molecule has 0 saturated carbocycles. The Morgan fingerprint density at radius 1 is 1.41 bits per heavy atom. The highest BCUT2D eigenvalue weighted by Crippen LogP contribution is 2.19. The average Bonchev–Trinajstić information content (AvgIpc) is 2.54. The maximum absolute atomic E-state index is 12.3. The second-order valence-corrected chi connectivity index (χ2v) is 5.64. The number of piperidine rings is 1. The Kier molecular flexibility index (Phi) is 6.01. The van der Waals surface area contributed by atoms with Crippen LogP contribution in [0.4, 0.5) is 0 Å². The lowest BCUT2D eigenvalue weighted by atomic mass is 9.98. The van der Waals surface area contributed by atoms with Crippen LogP contribution in [0.15, 0.2) is 30.3 Å². The lowest BCUT2D eigenvalue weighted by molar-refractivity contribution is -0.150. The van der Waals surface area contributed by atoms with Crippen LogP contribution in [0.1, 0.15) is 25.3 Å². The molecule has 118 valence electrons. The number of benzene rings is 1. The van der Waals surface area contributed by atoms with E-state index >= 15 is 0 Å². The van der Waals surface area contributed by atoms with Crippen molar-refractivity contribution in [2.24, 2.45) is 5.92 Å². The number of hydrogen-bond acceptors (Lipinski definition) is 3. The zero-order valence-electron chi connectivity index (χ0n) is 12.6. The van der Waals surface area contributed by atoms with Crippen LogP contribution in [0, 0.1) is 5.92 Å². The average molecular weight is 322 g/mol. The molecule has 0 unspecified atom stereocenters. The highest BCUT2D eigenvalue weighted by atomic mass is 35.5. The van der Waals surface area contributed by atoms with Gasteiger partial charge in [0.1, 0.15) is 0 Å². The molecule has 0 radical (unpaired) electrons. The van der Waals surface area contributed by atoms with E-state index in [0.717, 1.165) is 18.4 Å². The first-order valence-corrected chi connectivity index (χ1v) is 7.87. The predicted octanol–water partition coefficient (Wildman–Crippen LogP) is 3.15. The van der Waals surface area contributed by atoms with E-state index < -0.39 is 0 Å². The van der Waals surface area contributed by atoms with Crippen LogP contribution in [0.5, 0.6) is 0 Å². The van der Waals surface area contributed by atoms with Gasteiger partial charge in [-0.25, -0.2) is 0 Å². The highest BCUT2D eigenvalue weighted by Gasteiger charge is 2.28. The standard InChI is InChI=1S/C17H20ClNO3/c1-2-22-17(21)14-7-5-11-19(12-14)16(20)10-9-13-6-3-4-8-15(13)18/h3-4,6,8-10,14H,2,5,7,11-12H2,1H3/b10-9-/t14-/m0/s1. The van der Waals surface area contributed by atoms with Crippen molar-refractivity contribution in [1.82, 2.24) is 4.90 Å². The second kappa shape index (κ2) is 7.99. The maximum Gasteiger partial charge on any atom is 0.310 e. The molecule has 1 saturated heterocycles. The third-order valence-corrected chi connectivity index (χ3v) is 4.01. The van der Waals surface area contributed by atoms with Crippen molar-refractivity contribution in [3.63, 3.8) is 0 Å². The van der Waals surface area contributed by atoms with Crippen molar-refractivity contribution in [2.75, 3.05) is 19.7 Å². The first kappa shape index (κ1) is 16.6. The minimum atomic E-state index is -0.216. The van der Waals surface area contributed by atoms with Crippen molar-refractivity contribution in [1.29, 1.82) is 0 Å². The molecule has 1 heterocycles. The van der Waals surface area contributed by atoms with E-state index in [2.05, 4.69) is 0 Å². The Bertz CT molecular complexity index is 571. The summed E-state index contributed by atoms with van der Waals surface area (Å²) in [5, 5.41) is 0.606. The number of likely N-dealkylation sites (tertiary alicyclic amines) is 1. The molecule has 0 aliphatic carbocycles. The summed E-state index contributed by atoms with van der Waals surface area (Å²) in [5.41, 5.74) is 0.802. The number of hydrogen-bond donors (Lipinski definition) is 0. The number of carbonyl (C=O) groups is 2. The number of ether oxygens (including phenoxy) is 1. The van der Waals surface area contributed by atoms with E-state index in [-0.39, 0.29) is 17.8 Å². The van der Waals surface area contributed by atoms with Gasteiger partial charge in [-0.1, -0.05) is 29.8 Å². The van der Waals surface area contributed by atoms with Gasteiger partial charge in [0.05, 0.1) is 12.5 Å². The highest BCUT2D eigenvalue weighted by molar-refractivity contribution is 6.32. The number of nitrogens with zero attached hydrogens (tertiary/aromatic N) is 1. The molecule has 4 nitrogen and oxygen atoms in total. The molecular formula is C17H20ClNO3. The third-order valence-electron chi connectivity index (χ3n) is 3.66. The fraction of sp³-hybridized carbons (Fsp3) is 0.412. The van der Waals surface area contributed by atoms with Crippen molar-refractivity contribution in [2.45, 2.75) is 19.8 Å². The van der Waals surface area contributed by atoms with E-state index in [4.69, 9.17) is 16.3 Å². The van der Waals surface area contributed by atoms with Crippen molar-refractivity contribution in [3.05, 3.63) is 40.9 Å². The predicted molar refractivity (Wildman–Crippen MR) is 86.4 cm³/mol. The molecule has 1 aliphatic heterocycles. The summed E-state index contributed by atoms with van der Waals surface area (Å²) in [7, 11) is 0. The van der Waals surface area contributed by atoms with Crippen molar-refractivity contribution < 1.29 is 14.3 Å². The normalized spacial score (nSPS) is 18.5. The summed E-state index contributed by atoms with van der Waals surface area (Å²) in [6.45, 7) is 3.25. The second-order valence-electron chi connectivity index (χ2n) is 5.23. The van der Waals surface area contributed by atoms with Crippen LogP contribution in [0.25, 0.3) is 6.08 Å². The number of esters is 1. The molecule has 5 heteroatoms. The quantitative estimate of drug-likeness (QED) is 0.632. The van der Waals surface area contributed by atoms with E-state index in [0.29, 0.717) is 24.7 Å². The van der Waals surface area contributed by atoms with Crippen molar-refractivity contribution in [3.8, 4) is 0 Å². The van der Waals surface area contributed by atoms with Gasteiger partial charge in [0.15, 0.2) is 0 Å². The molecule has 0 spiro atoms. The summed E-state index contributed by atoms with van der Waals surface area (Å²) >= 11 is 6.06. The lowest BCUT2D eigenvalue weighted by Gasteiger charge is -2.30. The summed E-state index contributed by atoms with van der Waals surface area (Å²) in [6, 6.07) is 7.34. The van der Waals surface area contributed by atoms with Gasteiger partial charge in [-0.2, -0.15) is 0 Å². The Hall–Kier alpha value is -1.81. The number of carbonyl (C=O) groups excluding carboxylic acids is 2. The van der Waals surface area contributed by atoms with Gasteiger partial charge in [-0.05, 0) is 37.5 Å². The zero-order chi connectivity index (χ0) is 15.9. The fourth-order valence-electron chi connectivity index (χ4n) is 2.51. The topological polar surface area (TPSA) is 46.6 Å². The number of rotatable bonds is 4. The first-order valence-electron chi connectivity index (χ1n) is 7.50. The Morgan fingerprint density at radius 3 is 2.91 bits per heavy atom. The van der Waals surface area contributed by atoms with Gasteiger partial charge in [0, 0.05) is 24.2 Å². The Balaban J connectivity index is 1.97. The van der Waals surface area contributed by atoms with Gasteiger partial charge < -0.3 is 9.64 Å².